The summed E-state index contributed by atoms with van der Waals surface area (Å²) in [4.78, 5) is 28.0. The van der Waals surface area contributed by atoms with Gasteiger partial charge in [-0.3, -0.25) is 14.6 Å². The van der Waals surface area contributed by atoms with Gasteiger partial charge in [0, 0.05) is 30.1 Å². The number of carbonyl (C=O) groups is 2. The van der Waals surface area contributed by atoms with E-state index in [1.165, 1.54) is 24.4 Å². The molecule has 0 aliphatic rings. The lowest BCUT2D eigenvalue weighted by molar-refractivity contribution is 0.0949. The Balaban J connectivity index is 2.11. The number of rotatable bonds is 5. The van der Waals surface area contributed by atoms with Crippen molar-refractivity contribution in [1.29, 1.82) is 0 Å². The first-order valence-corrected chi connectivity index (χ1v) is 7.37. The van der Waals surface area contributed by atoms with Crippen molar-refractivity contribution in [2.24, 2.45) is 5.92 Å². The molecule has 0 aliphatic heterocycles. The molecule has 2 rings (SSSR count). The Bertz CT molecular complexity index is 763. The Morgan fingerprint density at radius 2 is 1.83 bits per heavy atom. The van der Waals surface area contributed by atoms with Gasteiger partial charge in [-0.1, -0.05) is 13.8 Å². The van der Waals surface area contributed by atoms with Crippen LogP contribution in [-0.4, -0.2) is 23.3 Å². The molecule has 1 aromatic carbocycles. The summed E-state index contributed by atoms with van der Waals surface area (Å²) in [7, 11) is 0. The van der Waals surface area contributed by atoms with E-state index in [1.54, 1.807) is 0 Å². The fraction of sp³-hybridized carbons (Fsp3) is 0.235. The summed E-state index contributed by atoms with van der Waals surface area (Å²) < 4.78 is 26.0. The van der Waals surface area contributed by atoms with Crippen molar-refractivity contribution in [3.8, 4) is 0 Å². The topological polar surface area (TPSA) is 71.1 Å². The smallest absolute Gasteiger partial charge is 0.274 e. The Morgan fingerprint density at radius 3 is 2.50 bits per heavy atom. The lowest BCUT2D eigenvalue weighted by Gasteiger charge is -2.09. The highest BCUT2D eigenvalue weighted by molar-refractivity contribution is 6.04. The van der Waals surface area contributed by atoms with Crippen LogP contribution in [-0.2, 0) is 0 Å². The molecule has 1 heterocycles. The van der Waals surface area contributed by atoms with Crippen LogP contribution in [0.3, 0.4) is 0 Å². The summed E-state index contributed by atoms with van der Waals surface area (Å²) in [6.45, 7) is 4.44. The third-order valence-electron chi connectivity index (χ3n) is 3.10. The average molecular weight is 333 g/mol. The summed E-state index contributed by atoms with van der Waals surface area (Å²) in [6.07, 6.45) is 1.34. The number of aromatic nitrogens is 1. The van der Waals surface area contributed by atoms with Crippen LogP contribution in [0.2, 0.25) is 0 Å². The molecule has 0 saturated carbocycles. The number of carbonyl (C=O) groups excluding carboxylic acids is 2. The number of halogens is 2. The molecule has 7 heteroatoms. The third kappa shape index (κ3) is 4.58. The number of amides is 2. The van der Waals surface area contributed by atoms with E-state index >= 15 is 0 Å². The predicted molar refractivity (Wildman–Crippen MR) is 85.7 cm³/mol. The van der Waals surface area contributed by atoms with Crippen LogP contribution >= 0.6 is 0 Å². The van der Waals surface area contributed by atoms with Gasteiger partial charge in [0.25, 0.3) is 11.8 Å². The number of pyridine rings is 1. The first-order valence-electron chi connectivity index (χ1n) is 7.37. The quantitative estimate of drug-likeness (QED) is 0.883. The molecule has 0 saturated heterocycles. The molecule has 0 fully saturated rings. The molecule has 0 atom stereocenters. The monoisotopic (exact) mass is 333 g/mol. The molecular weight excluding hydrogens is 316 g/mol. The third-order valence-corrected chi connectivity index (χ3v) is 3.10. The van der Waals surface area contributed by atoms with E-state index in [-0.39, 0.29) is 17.3 Å². The standard InChI is InChI=1S/C17H17F2N3O2/c1-10(2)9-21-16(23)11-5-6-20-15(7-11)17(24)22-12-3-4-13(18)14(19)8-12/h3-8,10H,9H2,1-2H3,(H,21,23)(H,22,24). The van der Waals surface area contributed by atoms with Gasteiger partial charge in [0.15, 0.2) is 11.6 Å². The van der Waals surface area contributed by atoms with Crippen LogP contribution in [0.1, 0.15) is 34.7 Å². The summed E-state index contributed by atoms with van der Waals surface area (Å²) in [5, 5.41) is 5.14. The largest absolute Gasteiger partial charge is 0.352 e. The molecule has 5 nitrogen and oxygen atoms in total. The van der Waals surface area contributed by atoms with Crippen molar-refractivity contribution < 1.29 is 18.4 Å². The van der Waals surface area contributed by atoms with E-state index in [2.05, 4.69) is 15.6 Å². The number of hydrogen-bond acceptors (Lipinski definition) is 3. The molecule has 2 N–H and O–H groups in total. The molecule has 2 aromatic rings. The number of nitrogens with zero attached hydrogens (tertiary/aromatic N) is 1. The van der Waals surface area contributed by atoms with Crippen LogP contribution < -0.4 is 10.6 Å². The summed E-state index contributed by atoms with van der Waals surface area (Å²) in [5.74, 6) is -2.71. The highest BCUT2D eigenvalue weighted by Crippen LogP contribution is 2.14. The summed E-state index contributed by atoms with van der Waals surface area (Å²) in [5.41, 5.74) is 0.383. The van der Waals surface area contributed by atoms with Gasteiger partial charge in [-0.05, 0) is 30.2 Å². The van der Waals surface area contributed by atoms with Crippen molar-refractivity contribution in [3.63, 3.8) is 0 Å². The van der Waals surface area contributed by atoms with Gasteiger partial charge in [0.2, 0.25) is 0 Å². The maximum absolute atomic E-state index is 13.2. The molecule has 0 unspecified atom stereocenters. The van der Waals surface area contributed by atoms with Gasteiger partial charge in [-0.15, -0.1) is 0 Å². The minimum atomic E-state index is -1.07. The first kappa shape index (κ1) is 17.5. The Morgan fingerprint density at radius 1 is 1.08 bits per heavy atom. The van der Waals surface area contributed by atoms with Gasteiger partial charge in [0.1, 0.15) is 5.69 Å². The molecule has 126 valence electrons. The summed E-state index contributed by atoms with van der Waals surface area (Å²) >= 11 is 0. The molecule has 0 spiro atoms. The number of anilines is 1. The van der Waals surface area contributed by atoms with Crippen molar-refractivity contribution in [1.82, 2.24) is 10.3 Å². The van der Waals surface area contributed by atoms with Crippen LogP contribution in [0.15, 0.2) is 36.5 Å². The van der Waals surface area contributed by atoms with E-state index in [1.807, 2.05) is 13.8 Å². The highest BCUT2D eigenvalue weighted by atomic mass is 19.2. The van der Waals surface area contributed by atoms with Gasteiger partial charge in [-0.2, -0.15) is 0 Å². The lowest BCUT2D eigenvalue weighted by atomic mass is 10.2. The van der Waals surface area contributed by atoms with Crippen molar-refractivity contribution in [2.75, 3.05) is 11.9 Å². The van der Waals surface area contributed by atoms with Crippen molar-refractivity contribution in [2.45, 2.75) is 13.8 Å². The molecule has 0 bridgehead atoms. The minimum absolute atomic E-state index is 0.00284. The number of hydrogen-bond donors (Lipinski definition) is 2. The zero-order chi connectivity index (χ0) is 17.7. The van der Waals surface area contributed by atoms with Crippen LogP contribution in [0.25, 0.3) is 0 Å². The first-order chi connectivity index (χ1) is 11.4. The molecule has 1 aromatic heterocycles. The van der Waals surface area contributed by atoms with E-state index in [0.29, 0.717) is 18.0 Å². The SMILES string of the molecule is CC(C)CNC(=O)c1ccnc(C(=O)Nc2ccc(F)c(F)c2)c1. The molecule has 2 amide bonds. The molecule has 0 radical (unpaired) electrons. The van der Waals surface area contributed by atoms with E-state index in [4.69, 9.17) is 0 Å². The number of benzene rings is 1. The van der Waals surface area contributed by atoms with E-state index in [0.717, 1.165) is 12.1 Å². The molecular formula is C17H17F2N3O2. The van der Waals surface area contributed by atoms with Gasteiger partial charge in [-0.25, -0.2) is 8.78 Å². The Kier molecular flexibility index (Phi) is 5.57. The van der Waals surface area contributed by atoms with Crippen molar-refractivity contribution >= 4 is 17.5 Å². The maximum atomic E-state index is 13.2. The van der Waals surface area contributed by atoms with E-state index < -0.39 is 17.5 Å². The predicted octanol–water partition coefficient (Wildman–Crippen LogP) is 3.00. The summed E-state index contributed by atoms with van der Waals surface area (Å²) in [6, 6.07) is 5.84. The average Bonchev–Trinajstić information content (AvgIpc) is 2.56. The van der Waals surface area contributed by atoms with Crippen LogP contribution in [0.4, 0.5) is 14.5 Å². The Hall–Kier alpha value is -2.83. The normalized spacial score (nSPS) is 10.5. The van der Waals surface area contributed by atoms with Crippen molar-refractivity contribution in [3.05, 3.63) is 59.4 Å². The Labute approximate surface area is 138 Å². The minimum Gasteiger partial charge on any atom is -0.352 e. The fourth-order valence-electron chi connectivity index (χ4n) is 1.86. The molecule has 0 aliphatic carbocycles. The van der Waals surface area contributed by atoms with Gasteiger partial charge < -0.3 is 10.6 Å². The second-order valence-electron chi connectivity index (χ2n) is 5.62. The molecule has 24 heavy (non-hydrogen) atoms. The zero-order valence-corrected chi connectivity index (χ0v) is 13.3. The van der Waals surface area contributed by atoms with Crippen LogP contribution in [0.5, 0.6) is 0 Å². The van der Waals surface area contributed by atoms with Gasteiger partial charge in [0.05, 0.1) is 0 Å². The highest BCUT2D eigenvalue weighted by Gasteiger charge is 2.13. The van der Waals surface area contributed by atoms with E-state index in [9.17, 15) is 18.4 Å². The zero-order valence-electron chi connectivity index (χ0n) is 13.3. The fourth-order valence-corrected chi connectivity index (χ4v) is 1.86. The maximum Gasteiger partial charge on any atom is 0.274 e. The van der Waals surface area contributed by atoms with Gasteiger partial charge >= 0.3 is 0 Å². The second kappa shape index (κ2) is 7.63. The lowest BCUT2D eigenvalue weighted by Crippen LogP contribution is -2.27. The van der Waals surface area contributed by atoms with Crippen LogP contribution in [0, 0.1) is 17.6 Å². The second-order valence-corrected chi connectivity index (χ2v) is 5.62. The number of nitrogens with one attached hydrogen (secondary N) is 2.